The number of fused-ring (bicyclic) bond motifs is 1. The molecule has 0 spiro atoms. The van der Waals surface area contributed by atoms with Gasteiger partial charge < -0.3 is 14.6 Å². The molecule has 0 fully saturated rings. The van der Waals surface area contributed by atoms with Gasteiger partial charge in [0.15, 0.2) is 0 Å². The van der Waals surface area contributed by atoms with Gasteiger partial charge in [-0.05, 0) is 29.7 Å². The van der Waals surface area contributed by atoms with Crippen molar-refractivity contribution in [3.05, 3.63) is 59.5 Å². The van der Waals surface area contributed by atoms with Gasteiger partial charge in [0.2, 0.25) is 5.91 Å². The molecule has 0 saturated heterocycles. The summed E-state index contributed by atoms with van der Waals surface area (Å²) in [5.74, 6) is 0.478. The van der Waals surface area contributed by atoms with E-state index in [0.29, 0.717) is 24.4 Å². The second-order valence-corrected chi connectivity index (χ2v) is 6.08. The molecule has 5 heteroatoms. The van der Waals surface area contributed by atoms with Gasteiger partial charge in [-0.1, -0.05) is 32.0 Å². The summed E-state index contributed by atoms with van der Waals surface area (Å²) in [4.78, 5) is 26.9. The molecule has 1 aliphatic rings. The Morgan fingerprint density at radius 1 is 1.26 bits per heavy atom. The average molecular weight is 312 g/mol. The number of benzene rings is 1. The molecule has 0 radical (unpaired) electrons. The minimum absolute atomic E-state index is 0.0184. The van der Waals surface area contributed by atoms with Crippen LogP contribution in [0.3, 0.4) is 0 Å². The summed E-state index contributed by atoms with van der Waals surface area (Å²) in [5.41, 5.74) is 1.67. The van der Waals surface area contributed by atoms with Crippen molar-refractivity contribution in [2.75, 3.05) is 0 Å². The van der Waals surface area contributed by atoms with Gasteiger partial charge in [-0.3, -0.25) is 9.59 Å². The van der Waals surface area contributed by atoms with Crippen molar-refractivity contribution in [2.45, 2.75) is 33.0 Å². The lowest BCUT2D eigenvalue weighted by Crippen LogP contribution is -2.49. The van der Waals surface area contributed by atoms with E-state index in [9.17, 15) is 9.59 Å². The topological polar surface area (TPSA) is 62.6 Å². The average Bonchev–Trinajstić information content (AvgIpc) is 3.15. The quantitative estimate of drug-likeness (QED) is 0.923. The van der Waals surface area contributed by atoms with Crippen molar-refractivity contribution in [3.8, 4) is 0 Å². The SMILES string of the molecule is CC(C)C(C(=O)NCc1ccco1)N1Cc2ccccc2C1=O. The Kier molecular flexibility index (Phi) is 4.19. The van der Waals surface area contributed by atoms with Crippen LogP contribution in [0.5, 0.6) is 0 Å². The van der Waals surface area contributed by atoms with E-state index < -0.39 is 6.04 Å². The van der Waals surface area contributed by atoms with Gasteiger partial charge in [0, 0.05) is 12.1 Å². The molecule has 1 aromatic carbocycles. The lowest BCUT2D eigenvalue weighted by atomic mass is 10.0. The summed E-state index contributed by atoms with van der Waals surface area (Å²) in [7, 11) is 0. The monoisotopic (exact) mass is 312 g/mol. The Balaban J connectivity index is 1.75. The van der Waals surface area contributed by atoms with Gasteiger partial charge in [-0.25, -0.2) is 0 Å². The fourth-order valence-corrected chi connectivity index (χ4v) is 3.00. The summed E-state index contributed by atoms with van der Waals surface area (Å²) < 4.78 is 5.23. The number of nitrogens with zero attached hydrogens (tertiary/aromatic N) is 1. The second kappa shape index (κ2) is 6.28. The molecule has 1 aromatic heterocycles. The molecule has 2 amide bonds. The highest BCUT2D eigenvalue weighted by Crippen LogP contribution is 2.27. The number of furan rings is 1. The van der Waals surface area contributed by atoms with Gasteiger partial charge in [0.1, 0.15) is 11.8 Å². The lowest BCUT2D eigenvalue weighted by Gasteiger charge is -2.29. The van der Waals surface area contributed by atoms with E-state index in [1.165, 1.54) is 0 Å². The number of carbonyl (C=O) groups is 2. The third kappa shape index (κ3) is 2.99. The number of hydrogen-bond acceptors (Lipinski definition) is 3. The van der Waals surface area contributed by atoms with Crippen molar-refractivity contribution in [1.29, 1.82) is 0 Å². The van der Waals surface area contributed by atoms with Crippen molar-refractivity contribution in [3.63, 3.8) is 0 Å². The minimum Gasteiger partial charge on any atom is -0.467 e. The van der Waals surface area contributed by atoms with Crippen molar-refractivity contribution >= 4 is 11.8 Å². The fourth-order valence-electron chi connectivity index (χ4n) is 3.00. The van der Waals surface area contributed by atoms with Crippen LogP contribution in [0, 0.1) is 5.92 Å². The maximum atomic E-state index is 12.6. The van der Waals surface area contributed by atoms with E-state index in [4.69, 9.17) is 4.42 Å². The number of carbonyl (C=O) groups excluding carboxylic acids is 2. The molecule has 1 N–H and O–H groups in total. The van der Waals surface area contributed by atoms with Crippen LogP contribution in [0.25, 0.3) is 0 Å². The normalized spacial score (nSPS) is 14.9. The summed E-state index contributed by atoms with van der Waals surface area (Å²) in [6, 6.07) is 10.6. The number of amides is 2. The van der Waals surface area contributed by atoms with Gasteiger partial charge in [0.25, 0.3) is 5.91 Å². The standard InChI is InChI=1S/C18H20N2O3/c1-12(2)16(17(21)19-10-14-7-5-9-23-14)20-11-13-6-3-4-8-15(13)18(20)22/h3-9,12,16H,10-11H2,1-2H3,(H,19,21). The molecule has 5 nitrogen and oxygen atoms in total. The first kappa shape index (κ1) is 15.3. The van der Waals surface area contributed by atoms with E-state index in [-0.39, 0.29) is 17.7 Å². The molecule has 1 unspecified atom stereocenters. The molecule has 0 saturated carbocycles. The zero-order valence-electron chi connectivity index (χ0n) is 13.3. The molecule has 23 heavy (non-hydrogen) atoms. The van der Waals surface area contributed by atoms with Crippen LogP contribution in [0.4, 0.5) is 0 Å². The van der Waals surface area contributed by atoms with Gasteiger partial charge in [-0.15, -0.1) is 0 Å². The number of hydrogen-bond donors (Lipinski definition) is 1. The highest BCUT2D eigenvalue weighted by atomic mass is 16.3. The predicted molar refractivity (Wildman–Crippen MR) is 85.5 cm³/mol. The number of nitrogens with one attached hydrogen (secondary N) is 1. The van der Waals surface area contributed by atoms with E-state index in [0.717, 1.165) is 5.56 Å². The zero-order valence-corrected chi connectivity index (χ0v) is 13.3. The first-order valence-corrected chi connectivity index (χ1v) is 7.77. The molecular weight excluding hydrogens is 292 g/mol. The van der Waals surface area contributed by atoms with Crippen LogP contribution in [0.15, 0.2) is 47.1 Å². The minimum atomic E-state index is -0.495. The predicted octanol–water partition coefficient (Wildman–Crippen LogP) is 2.58. The van der Waals surface area contributed by atoms with E-state index in [1.807, 2.05) is 44.2 Å². The Hall–Kier alpha value is -2.56. The van der Waals surface area contributed by atoms with Crippen LogP contribution in [-0.4, -0.2) is 22.8 Å². The second-order valence-electron chi connectivity index (χ2n) is 6.08. The Labute approximate surface area is 135 Å². The third-order valence-corrected chi connectivity index (χ3v) is 4.10. The number of rotatable bonds is 5. The molecular formula is C18H20N2O3. The van der Waals surface area contributed by atoms with Crippen LogP contribution < -0.4 is 5.32 Å². The molecule has 2 heterocycles. The van der Waals surface area contributed by atoms with Crippen molar-refractivity contribution < 1.29 is 14.0 Å². The Bertz CT molecular complexity index is 707. The van der Waals surface area contributed by atoms with E-state index in [1.54, 1.807) is 17.2 Å². The zero-order chi connectivity index (χ0) is 16.4. The molecule has 3 rings (SSSR count). The molecule has 1 atom stereocenters. The lowest BCUT2D eigenvalue weighted by molar-refractivity contribution is -0.127. The maximum Gasteiger partial charge on any atom is 0.255 e. The third-order valence-electron chi connectivity index (χ3n) is 4.10. The van der Waals surface area contributed by atoms with Crippen LogP contribution in [0.2, 0.25) is 0 Å². The summed E-state index contributed by atoms with van der Waals surface area (Å²) in [6.45, 7) is 4.71. The van der Waals surface area contributed by atoms with Crippen LogP contribution in [-0.2, 0) is 17.9 Å². The summed E-state index contributed by atoms with van der Waals surface area (Å²) in [5, 5.41) is 2.86. The Morgan fingerprint density at radius 2 is 2.04 bits per heavy atom. The van der Waals surface area contributed by atoms with Gasteiger partial charge in [-0.2, -0.15) is 0 Å². The molecule has 0 aliphatic carbocycles. The highest BCUT2D eigenvalue weighted by molar-refractivity contribution is 6.01. The van der Waals surface area contributed by atoms with E-state index >= 15 is 0 Å². The Morgan fingerprint density at radius 3 is 2.70 bits per heavy atom. The molecule has 2 aromatic rings. The molecule has 120 valence electrons. The van der Waals surface area contributed by atoms with Crippen LogP contribution >= 0.6 is 0 Å². The van der Waals surface area contributed by atoms with E-state index in [2.05, 4.69) is 5.32 Å². The first-order valence-electron chi connectivity index (χ1n) is 7.77. The van der Waals surface area contributed by atoms with Crippen molar-refractivity contribution in [2.24, 2.45) is 5.92 Å². The van der Waals surface area contributed by atoms with Gasteiger partial charge >= 0.3 is 0 Å². The summed E-state index contributed by atoms with van der Waals surface area (Å²) >= 11 is 0. The van der Waals surface area contributed by atoms with Crippen molar-refractivity contribution in [1.82, 2.24) is 10.2 Å². The summed E-state index contributed by atoms with van der Waals surface area (Å²) in [6.07, 6.45) is 1.57. The smallest absolute Gasteiger partial charge is 0.255 e. The highest BCUT2D eigenvalue weighted by Gasteiger charge is 2.37. The fraction of sp³-hybridized carbons (Fsp3) is 0.333. The molecule has 0 bridgehead atoms. The van der Waals surface area contributed by atoms with Crippen LogP contribution in [0.1, 0.15) is 35.5 Å². The van der Waals surface area contributed by atoms with Gasteiger partial charge in [0.05, 0.1) is 12.8 Å². The maximum absolute atomic E-state index is 12.6. The largest absolute Gasteiger partial charge is 0.467 e. The first-order chi connectivity index (χ1) is 11.1. The molecule has 1 aliphatic heterocycles.